The number of hydrogen-bond donors (Lipinski definition) is 1. The number of pyridine rings is 1. The van der Waals surface area contributed by atoms with Gasteiger partial charge in [0.1, 0.15) is 11.9 Å². The largest absolute Gasteiger partial charge is 0.417 e. The molecule has 2 fully saturated rings. The molecule has 1 N–H and O–H groups in total. The van der Waals surface area contributed by atoms with E-state index in [4.69, 9.17) is 0 Å². The molecule has 2 aromatic rings. The molecule has 2 amide bonds. The maximum atomic E-state index is 14.5. The number of nitrogens with one attached hydrogen (secondary N) is 1. The Balaban J connectivity index is 1.44. The summed E-state index contributed by atoms with van der Waals surface area (Å²) in [5.41, 5.74) is -1.31. The highest BCUT2D eigenvalue weighted by atomic mass is 32.2. The number of amides is 2. The number of rotatable bonds is 5. The average Bonchev–Trinajstić information content (AvgIpc) is 2.80. The molecule has 8 nitrogen and oxygen atoms in total. The minimum Gasteiger partial charge on any atom is -0.371 e. The molecule has 4 rings (SSSR count). The first-order valence-corrected chi connectivity index (χ1v) is 13.2. The number of halogens is 5. The first-order valence-electron chi connectivity index (χ1n) is 11.4. The summed E-state index contributed by atoms with van der Waals surface area (Å²) in [6, 6.07) is 2.28. The zero-order valence-corrected chi connectivity index (χ0v) is 20.4. The lowest BCUT2D eigenvalue weighted by Gasteiger charge is -2.41. The van der Waals surface area contributed by atoms with Gasteiger partial charge in [0.05, 0.1) is 16.1 Å². The highest BCUT2D eigenvalue weighted by molar-refractivity contribution is 7.90. The van der Waals surface area contributed by atoms with Crippen LogP contribution in [0.2, 0.25) is 0 Å². The first kappa shape index (κ1) is 26.8. The third-order valence-corrected chi connectivity index (χ3v) is 7.52. The van der Waals surface area contributed by atoms with Gasteiger partial charge in [0, 0.05) is 38.0 Å². The molecule has 0 saturated carbocycles. The van der Waals surface area contributed by atoms with Gasteiger partial charge in [-0.3, -0.25) is 14.5 Å². The number of nitrogens with zero attached hydrogens (tertiary/aromatic N) is 3. The van der Waals surface area contributed by atoms with E-state index in [0.717, 1.165) is 17.2 Å². The van der Waals surface area contributed by atoms with Crippen molar-refractivity contribution in [1.29, 1.82) is 0 Å². The van der Waals surface area contributed by atoms with Crippen molar-refractivity contribution in [3.8, 4) is 0 Å². The Bertz CT molecular complexity index is 1330. The number of carbonyl (C=O) groups is 2. The number of alkyl halides is 3. The van der Waals surface area contributed by atoms with Gasteiger partial charge in [0.25, 0.3) is 0 Å². The van der Waals surface area contributed by atoms with Crippen LogP contribution in [0.25, 0.3) is 0 Å². The van der Waals surface area contributed by atoms with Crippen LogP contribution in [0, 0.1) is 11.6 Å². The zero-order chi connectivity index (χ0) is 27.1. The monoisotopic (exact) mass is 546 g/mol. The highest BCUT2D eigenvalue weighted by Crippen LogP contribution is 2.33. The zero-order valence-electron chi connectivity index (χ0n) is 19.6. The van der Waals surface area contributed by atoms with Gasteiger partial charge in [-0.1, -0.05) is 0 Å². The van der Waals surface area contributed by atoms with Gasteiger partial charge in [-0.25, -0.2) is 22.2 Å². The number of benzene rings is 1. The van der Waals surface area contributed by atoms with Crippen molar-refractivity contribution in [2.24, 2.45) is 0 Å². The molecular formula is C23H23F5N4O4S. The molecular weight excluding hydrogens is 523 g/mol. The van der Waals surface area contributed by atoms with Crippen molar-refractivity contribution in [1.82, 2.24) is 9.88 Å². The van der Waals surface area contributed by atoms with Crippen molar-refractivity contribution < 1.29 is 40.0 Å². The summed E-state index contributed by atoms with van der Waals surface area (Å²) in [4.78, 5) is 31.7. The van der Waals surface area contributed by atoms with E-state index in [1.165, 1.54) is 17.0 Å². The van der Waals surface area contributed by atoms with Gasteiger partial charge >= 0.3 is 6.18 Å². The molecule has 1 aromatic carbocycles. The molecule has 0 bridgehead atoms. The molecule has 2 aliphatic heterocycles. The van der Waals surface area contributed by atoms with Crippen LogP contribution in [0.1, 0.15) is 31.2 Å². The van der Waals surface area contributed by atoms with Crippen molar-refractivity contribution >= 4 is 33.2 Å². The van der Waals surface area contributed by atoms with Crippen LogP contribution in [0.4, 0.5) is 33.5 Å². The highest BCUT2D eigenvalue weighted by Gasteiger charge is 2.39. The topological polar surface area (TPSA) is 99.7 Å². The molecule has 0 radical (unpaired) electrons. The summed E-state index contributed by atoms with van der Waals surface area (Å²) in [5.74, 6) is -3.57. The molecule has 0 spiro atoms. The van der Waals surface area contributed by atoms with Crippen molar-refractivity contribution in [2.45, 2.75) is 48.8 Å². The first-order chi connectivity index (χ1) is 17.3. The van der Waals surface area contributed by atoms with Gasteiger partial charge in [-0.15, -0.1) is 0 Å². The van der Waals surface area contributed by atoms with E-state index in [0.29, 0.717) is 25.6 Å². The van der Waals surface area contributed by atoms with Crippen molar-refractivity contribution in [3.05, 3.63) is 47.7 Å². The third kappa shape index (κ3) is 5.68. The lowest BCUT2D eigenvalue weighted by Crippen LogP contribution is -2.56. The Labute approximate surface area is 209 Å². The van der Waals surface area contributed by atoms with E-state index >= 15 is 0 Å². The van der Waals surface area contributed by atoms with E-state index in [9.17, 15) is 40.0 Å². The molecule has 2 aliphatic rings. The maximum absolute atomic E-state index is 14.5. The fourth-order valence-electron chi connectivity index (χ4n) is 4.52. The molecule has 37 heavy (non-hydrogen) atoms. The quantitative estimate of drug-likeness (QED) is 0.578. The lowest BCUT2D eigenvalue weighted by molar-refractivity contribution is -0.139. The SMILES string of the molecule is CS(=O)(=O)c1ccc(NC2CCCN([C@H]3CCN(c4ncc(C(F)(F)F)cc4F)C(=O)C3)C2=O)c(F)c1. The van der Waals surface area contributed by atoms with Gasteiger partial charge in [-0.05, 0) is 43.5 Å². The standard InChI is InChI=1S/C23H23F5N4O4S/c1-37(35,36)15-4-5-18(16(24)11-15)30-19-3-2-7-31(22(19)34)14-6-8-32(20(33)10-14)21-17(25)9-13(12-29-21)23(26,27)28/h4-5,9,11-12,14,19,30H,2-3,6-8,10H2,1H3/t14-,19?/m0/s1. The van der Waals surface area contributed by atoms with Crippen LogP contribution in [0.5, 0.6) is 0 Å². The summed E-state index contributed by atoms with van der Waals surface area (Å²) >= 11 is 0. The fraction of sp³-hybridized carbons (Fsp3) is 0.435. The van der Waals surface area contributed by atoms with Crippen LogP contribution < -0.4 is 10.2 Å². The van der Waals surface area contributed by atoms with Gasteiger partial charge < -0.3 is 10.2 Å². The number of likely N-dealkylation sites (tertiary alicyclic amines) is 1. The fourth-order valence-corrected chi connectivity index (χ4v) is 5.15. The lowest BCUT2D eigenvalue weighted by atomic mass is 9.96. The number of hydrogen-bond acceptors (Lipinski definition) is 6. The summed E-state index contributed by atoms with van der Waals surface area (Å²) < 4.78 is 90.5. The normalized spacial score (nSPS) is 21.4. The predicted octanol–water partition coefficient (Wildman–Crippen LogP) is 3.38. The van der Waals surface area contributed by atoms with E-state index in [2.05, 4.69) is 10.3 Å². The Hall–Kier alpha value is -3.29. The average molecular weight is 547 g/mol. The molecule has 14 heteroatoms. The maximum Gasteiger partial charge on any atom is 0.417 e. The number of piperidine rings is 2. The summed E-state index contributed by atoms with van der Waals surface area (Å²) in [5, 5.41) is 2.81. The van der Waals surface area contributed by atoms with E-state index < -0.39 is 57.0 Å². The van der Waals surface area contributed by atoms with E-state index in [1.54, 1.807) is 0 Å². The van der Waals surface area contributed by atoms with E-state index in [1.807, 2.05) is 0 Å². The molecule has 0 aliphatic carbocycles. The van der Waals surface area contributed by atoms with Gasteiger partial charge in [0.2, 0.25) is 11.8 Å². The Morgan fingerprint density at radius 1 is 1.05 bits per heavy atom. The second-order valence-corrected chi connectivity index (χ2v) is 11.0. The molecule has 3 heterocycles. The second kappa shape index (κ2) is 9.88. The number of sulfone groups is 1. The van der Waals surface area contributed by atoms with Crippen LogP contribution >= 0.6 is 0 Å². The molecule has 200 valence electrons. The molecule has 2 atom stereocenters. The third-order valence-electron chi connectivity index (χ3n) is 6.41. The van der Waals surface area contributed by atoms with Crippen molar-refractivity contribution in [3.63, 3.8) is 0 Å². The number of anilines is 2. The summed E-state index contributed by atoms with van der Waals surface area (Å²) in [7, 11) is -3.61. The van der Waals surface area contributed by atoms with Crippen molar-refractivity contribution in [2.75, 3.05) is 29.6 Å². The predicted molar refractivity (Wildman–Crippen MR) is 122 cm³/mol. The van der Waals surface area contributed by atoms with Gasteiger partial charge in [-0.2, -0.15) is 13.2 Å². The Kier molecular flexibility index (Phi) is 7.14. The summed E-state index contributed by atoms with van der Waals surface area (Å²) in [6.45, 7) is 0.291. The second-order valence-electron chi connectivity index (χ2n) is 9.00. The Morgan fingerprint density at radius 3 is 2.38 bits per heavy atom. The minimum absolute atomic E-state index is 0.0395. The molecule has 2 saturated heterocycles. The number of carbonyl (C=O) groups excluding carboxylic acids is 2. The Morgan fingerprint density at radius 2 is 1.78 bits per heavy atom. The van der Waals surface area contributed by atoms with Crippen LogP contribution in [0.3, 0.4) is 0 Å². The van der Waals surface area contributed by atoms with Crippen LogP contribution in [0.15, 0.2) is 35.4 Å². The number of aromatic nitrogens is 1. The van der Waals surface area contributed by atoms with E-state index in [-0.39, 0.29) is 41.9 Å². The molecule has 1 aromatic heterocycles. The van der Waals surface area contributed by atoms with Crippen LogP contribution in [-0.2, 0) is 25.6 Å². The summed E-state index contributed by atoms with van der Waals surface area (Å²) in [6.07, 6.45) is -2.37. The smallest absolute Gasteiger partial charge is 0.371 e. The van der Waals surface area contributed by atoms with Crippen LogP contribution in [-0.4, -0.2) is 61.5 Å². The minimum atomic E-state index is -4.78. The van der Waals surface area contributed by atoms with Gasteiger partial charge in [0.15, 0.2) is 21.5 Å². The molecule has 1 unspecified atom stereocenters.